The van der Waals surface area contributed by atoms with Crippen LogP contribution >= 0.6 is 0 Å². The number of benzene rings is 1. The molecule has 0 bridgehead atoms. The van der Waals surface area contributed by atoms with E-state index in [1.807, 2.05) is 0 Å². The van der Waals surface area contributed by atoms with Crippen molar-refractivity contribution >= 4 is 5.78 Å². The molecule has 0 N–H and O–H groups in total. The van der Waals surface area contributed by atoms with Gasteiger partial charge in [-0.15, -0.1) is 0 Å². The molecule has 0 heterocycles. The summed E-state index contributed by atoms with van der Waals surface area (Å²) < 4.78 is 12.9. The van der Waals surface area contributed by atoms with Crippen LogP contribution < -0.4 is 0 Å². The molecule has 0 fully saturated rings. The normalized spacial score (nSPS) is 10.8. The van der Waals surface area contributed by atoms with Gasteiger partial charge >= 0.3 is 0 Å². The Kier molecular flexibility index (Phi) is 5.17. The van der Waals surface area contributed by atoms with Crippen molar-refractivity contribution in [3.8, 4) is 0 Å². The van der Waals surface area contributed by atoms with Gasteiger partial charge in [-0.2, -0.15) is 0 Å². The minimum absolute atomic E-state index is 0.208. The Morgan fingerprint density at radius 3 is 2.56 bits per heavy atom. The maximum absolute atomic E-state index is 12.9. The van der Waals surface area contributed by atoms with Crippen LogP contribution in [0, 0.1) is 11.7 Å². The third-order valence-corrected chi connectivity index (χ3v) is 2.96. The molecule has 0 atom stereocenters. The van der Waals surface area contributed by atoms with Crippen LogP contribution in [0.5, 0.6) is 0 Å². The van der Waals surface area contributed by atoms with E-state index in [1.165, 1.54) is 12.1 Å². The molecule has 1 nitrogen and oxygen atoms in total. The van der Waals surface area contributed by atoms with E-state index >= 15 is 0 Å². The van der Waals surface area contributed by atoms with Gasteiger partial charge in [0.05, 0.1) is 0 Å². The van der Waals surface area contributed by atoms with Crippen molar-refractivity contribution in [3.05, 3.63) is 35.6 Å². The highest BCUT2D eigenvalue weighted by Gasteiger charge is 2.10. The van der Waals surface area contributed by atoms with E-state index in [0.29, 0.717) is 18.8 Å². The third kappa shape index (κ3) is 4.13. The molecule has 0 aliphatic carbocycles. The fourth-order valence-corrected chi connectivity index (χ4v) is 1.85. The van der Waals surface area contributed by atoms with Crippen molar-refractivity contribution in [1.29, 1.82) is 0 Å². The van der Waals surface area contributed by atoms with Crippen LogP contribution in [0.15, 0.2) is 24.3 Å². The average molecular weight is 222 g/mol. The zero-order chi connectivity index (χ0) is 12.0. The summed E-state index contributed by atoms with van der Waals surface area (Å²) in [6.45, 7) is 4.20. The predicted octanol–water partition coefficient (Wildman–Crippen LogP) is 3.76. The summed E-state index contributed by atoms with van der Waals surface area (Å²) in [6.07, 6.45) is 3.04. The van der Waals surface area contributed by atoms with Gasteiger partial charge in [0.15, 0.2) is 0 Å². The van der Waals surface area contributed by atoms with Crippen molar-refractivity contribution < 1.29 is 9.18 Å². The van der Waals surface area contributed by atoms with Crippen molar-refractivity contribution in [2.45, 2.75) is 39.5 Å². The van der Waals surface area contributed by atoms with E-state index < -0.39 is 0 Å². The number of ketones is 1. The molecular weight excluding hydrogens is 203 g/mol. The summed E-state index contributed by atoms with van der Waals surface area (Å²) in [4.78, 5) is 11.7. The molecule has 0 aromatic heterocycles. The lowest BCUT2D eigenvalue weighted by atomic mass is 9.94. The van der Waals surface area contributed by atoms with Crippen LogP contribution in [0.4, 0.5) is 4.39 Å². The zero-order valence-corrected chi connectivity index (χ0v) is 10.0. The molecule has 16 heavy (non-hydrogen) atoms. The fourth-order valence-electron chi connectivity index (χ4n) is 1.85. The van der Waals surface area contributed by atoms with Gasteiger partial charge in [0.2, 0.25) is 0 Å². The largest absolute Gasteiger partial charge is 0.299 e. The van der Waals surface area contributed by atoms with Crippen molar-refractivity contribution in [3.63, 3.8) is 0 Å². The number of Topliss-reactive ketones (excluding diaryl/α,β-unsaturated/α-hetero) is 1. The molecule has 0 aliphatic rings. The van der Waals surface area contributed by atoms with Crippen LogP contribution in [0.1, 0.15) is 38.7 Å². The van der Waals surface area contributed by atoms with E-state index in [2.05, 4.69) is 13.8 Å². The lowest BCUT2D eigenvalue weighted by molar-refractivity contribution is -0.119. The van der Waals surface area contributed by atoms with Gasteiger partial charge in [0.25, 0.3) is 0 Å². The molecule has 0 radical (unpaired) electrons. The number of hydrogen-bond donors (Lipinski definition) is 0. The minimum Gasteiger partial charge on any atom is -0.299 e. The molecule has 0 saturated heterocycles. The number of carbonyl (C=O) groups is 1. The first-order chi connectivity index (χ1) is 7.65. The Bertz CT molecular complexity index is 342. The molecule has 0 spiro atoms. The van der Waals surface area contributed by atoms with Crippen LogP contribution in [-0.2, 0) is 11.2 Å². The average Bonchev–Trinajstić information content (AvgIpc) is 2.26. The van der Waals surface area contributed by atoms with Crippen molar-refractivity contribution in [2.24, 2.45) is 5.92 Å². The summed E-state index contributed by atoms with van der Waals surface area (Å²) in [5, 5.41) is 0. The Morgan fingerprint density at radius 1 is 1.31 bits per heavy atom. The van der Waals surface area contributed by atoms with Gasteiger partial charge < -0.3 is 0 Å². The molecule has 0 unspecified atom stereocenters. The quantitative estimate of drug-likeness (QED) is 0.716. The first-order valence-corrected chi connectivity index (χ1v) is 5.91. The lowest BCUT2D eigenvalue weighted by Crippen LogP contribution is -2.09. The van der Waals surface area contributed by atoms with Gasteiger partial charge in [-0.1, -0.05) is 38.8 Å². The van der Waals surface area contributed by atoms with E-state index in [9.17, 15) is 9.18 Å². The molecule has 1 aromatic carbocycles. The molecule has 1 rings (SSSR count). The van der Waals surface area contributed by atoms with Crippen LogP contribution in [0.25, 0.3) is 0 Å². The highest BCUT2D eigenvalue weighted by Crippen LogP contribution is 2.15. The lowest BCUT2D eigenvalue weighted by Gasteiger charge is -2.10. The fraction of sp³-hybridized carbons (Fsp3) is 0.500. The molecule has 2 heteroatoms. The smallest absolute Gasteiger partial charge is 0.137 e. The number of hydrogen-bond acceptors (Lipinski definition) is 1. The third-order valence-electron chi connectivity index (χ3n) is 2.96. The van der Waals surface area contributed by atoms with Gasteiger partial charge in [-0.3, -0.25) is 4.79 Å². The van der Waals surface area contributed by atoms with E-state index in [1.54, 1.807) is 12.1 Å². The minimum atomic E-state index is -0.271. The predicted molar refractivity (Wildman–Crippen MR) is 63.8 cm³/mol. The SMILES string of the molecule is CCC(CC)CC(=O)Cc1cccc(F)c1. The molecular formula is C14H19FO. The second-order valence-corrected chi connectivity index (χ2v) is 4.23. The summed E-state index contributed by atoms with van der Waals surface area (Å²) in [5.74, 6) is 0.410. The number of halogens is 1. The standard InChI is InChI=1S/C14H19FO/c1-3-11(4-2)9-14(16)10-12-6-5-7-13(15)8-12/h5-8,11H,3-4,9-10H2,1-2H3. The van der Waals surface area contributed by atoms with Gasteiger partial charge in [0, 0.05) is 12.8 Å². The summed E-state index contributed by atoms with van der Waals surface area (Å²) in [6, 6.07) is 6.28. The topological polar surface area (TPSA) is 17.1 Å². The number of carbonyl (C=O) groups excluding carboxylic acids is 1. The second-order valence-electron chi connectivity index (χ2n) is 4.23. The highest BCUT2D eigenvalue weighted by atomic mass is 19.1. The molecule has 88 valence electrons. The molecule has 0 aliphatic heterocycles. The van der Waals surface area contributed by atoms with Gasteiger partial charge in [-0.05, 0) is 23.6 Å². The first kappa shape index (κ1) is 12.9. The Balaban J connectivity index is 2.51. The molecule has 1 aromatic rings. The van der Waals surface area contributed by atoms with Gasteiger partial charge in [-0.25, -0.2) is 4.39 Å². The molecule has 0 saturated carbocycles. The number of rotatable bonds is 6. The van der Waals surface area contributed by atoms with Crippen molar-refractivity contribution in [1.82, 2.24) is 0 Å². The Labute approximate surface area is 96.7 Å². The maximum Gasteiger partial charge on any atom is 0.137 e. The van der Waals surface area contributed by atoms with Crippen LogP contribution in [0.3, 0.4) is 0 Å². The summed E-state index contributed by atoms with van der Waals surface area (Å²) >= 11 is 0. The molecule has 0 amide bonds. The first-order valence-electron chi connectivity index (χ1n) is 5.91. The van der Waals surface area contributed by atoms with E-state index in [0.717, 1.165) is 18.4 Å². The van der Waals surface area contributed by atoms with Crippen LogP contribution in [0.2, 0.25) is 0 Å². The second kappa shape index (κ2) is 6.41. The van der Waals surface area contributed by atoms with E-state index in [4.69, 9.17) is 0 Å². The zero-order valence-electron chi connectivity index (χ0n) is 10.0. The van der Waals surface area contributed by atoms with Crippen molar-refractivity contribution in [2.75, 3.05) is 0 Å². The highest BCUT2D eigenvalue weighted by molar-refractivity contribution is 5.81. The van der Waals surface area contributed by atoms with E-state index in [-0.39, 0.29) is 11.6 Å². The van der Waals surface area contributed by atoms with Gasteiger partial charge in [0.1, 0.15) is 11.6 Å². The maximum atomic E-state index is 12.9. The summed E-state index contributed by atoms with van der Waals surface area (Å²) in [5.41, 5.74) is 0.774. The van der Waals surface area contributed by atoms with Crippen LogP contribution in [-0.4, -0.2) is 5.78 Å². The Hall–Kier alpha value is -1.18. The monoisotopic (exact) mass is 222 g/mol. The Morgan fingerprint density at radius 2 is 2.00 bits per heavy atom. The summed E-state index contributed by atoms with van der Waals surface area (Å²) in [7, 11) is 0.